The monoisotopic (exact) mass is 389 g/mol. The summed E-state index contributed by atoms with van der Waals surface area (Å²) in [5.74, 6) is 0.737. The quantitative estimate of drug-likeness (QED) is 0.475. The van der Waals surface area contributed by atoms with Crippen LogP contribution in [0, 0.1) is 0 Å². The lowest BCUT2D eigenvalue weighted by molar-refractivity contribution is 0.104. The van der Waals surface area contributed by atoms with Crippen molar-refractivity contribution in [2.45, 2.75) is 6.67 Å². The Kier molecular flexibility index (Phi) is 5.79. The number of carbonyl (C=O) groups excluding carboxylic acids is 1. The van der Waals surface area contributed by atoms with E-state index in [0.717, 1.165) is 44.2 Å². The minimum absolute atomic E-state index is 0.0106. The highest BCUT2D eigenvalue weighted by atomic mass is 16.5. The molecule has 0 saturated carbocycles. The van der Waals surface area contributed by atoms with E-state index in [-0.39, 0.29) is 5.78 Å². The number of nitrogens with zero attached hydrogens (tertiary/aromatic N) is 3. The molecule has 1 fully saturated rings. The number of benzene rings is 2. The maximum atomic E-state index is 12.6. The lowest BCUT2D eigenvalue weighted by Gasteiger charge is -2.32. The van der Waals surface area contributed by atoms with E-state index in [0.29, 0.717) is 5.56 Å². The lowest BCUT2D eigenvalue weighted by Crippen LogP contribution is -2.44. The summed E-state index contributed by atoms with van der Waals surface area (Å²) in [6, 6.07) is 15.6. The molecule has 5 nitrogen and oxygen atoms in total. The molecule has 1 aromatic heterocycles. The highest BCUT2D eigenvalue weighted by Crippen LogP contribution is 2.23. The number of ketones is 1. The zero-order valence-corrected chi connectivity index (χ0v) is 17.0. The van der Waals surface area contributed by atoms with Gasteiger partial charge in [0.25, 0.3) is 0 Å². The zero-order valence-electron chi connectivity index (χ0n) is 17.0. The summed E-state index contributed by atoms with van der Waals surface area (Å²) >= 11 is 0. The molecule has 3 aromatic rings. The van der Waals surface area contributed by atoms with Crippen molar-refractivity contribution in [1.29, 1.82) is 0 Å². The van der Waals surface area contributed by atoms with E-state index in [1.807, 2.05) is 24.3 Å². The number of fused-ring (bicyclic) bond motifs is 1. The highest BCUT2D eigenvalue weighted by Gasteiger charge is 2.15. The first kappa shape index (κ1) is 19.4. The van der Waals surface area contributed by atoms with Gasteiger partial charge in [-0.1, -0.05) is 18.2 Å². The largest absolute Gasteiger partial charge is 0.497 e. The van der Waals surface area contributed by atoms with Crippen LogP contribution < -0.4 is 4.74 Å². The molecule has 2 aromatic carbocycles. The third-order valence-electron chi connectivity index (χ3n) is 5.56. The van der Waals surface area contributed by atoms with Crippen molar-refractivity contribution < 1.29 is 9.53 Å². The van der Waals surface area contributed by atoms with Gasteiger partial charge in [0.2, 0.25) is 0 Å². The number of piperazine rings is 1. The standard InChI is InChI=1S/C24H27N3O2/c1-25-13-15-26(16-14-25)18-27-17-20(22-5-3-4-6-23(22)27)9-12-24(28)19-7-10-21(29-2)11-8-19/h3-12,17H,13-16,18H2,1-2H3/b12-9+. The Labute approximate surface area is 171 Å². The second-order valence-corrected chi connectivity index (χ2v) is 7.56. The normalized spacial score (nSPS) is 15.9. The maximum Gasteiger partial charge on any atom is 0.185 e. The summed E-state index contributed by atoms with van der Waals surface area (Å²) in [5.41, 5.74) is 2.92. The Balaban J connectivity index is 1.55. The molecule has 0 aliphatic carbocycles. The van der Waals surface area contributed by atoms with E-state index in [2.05, 4.69) is 45.8 Å². The first-order valence-corrected chi connectivity index (χ1v) is 9.99. The number of rotatable bonds is 6. The molecule has 1 aliphatic rings. The van der Waals surface area contributed by atoms with E-state index in [1.54, 1.807) is 25.3 Å². The van der Waals surface area contributed by atoms with Crippen molar-refractivity contribution >= 4 is 22.8 Å². The fourth-order valence-electron chi connectivity index (χ4n) is 3.75. The Morgan fingerprint density at radius 1 is 1.03 bits per heavy atom. The number of aromatic nitrogens is 1. The van der Waals surface area contributed by atoms with Crippen molar-refractivity contribution in [3.8, 4) is 5.75 Å². The molecular formula is C24H27N3O2. The van der Waals surface area contributed by atoms with Crippen LogP contribution in [-0.4, -0.2) is 60.5 Å². The minimum atomic E-state index is -0.0106. The molecule has 5 heteroatoms. The predicted octanol–water partition coefficient (Wildman–Crippen LogP) is 3.75. The van der Waals surface area contributed by atoms with E-state index in [1.165, 1.54) is 10.9 Å². The van der Waals surface area contributed by atoms with Crippen molar-refractivity contribution in [2.24, 2.45) is 0 Å². The molecule has 0 bridgehead atoms. The van der Waals surface area contributed by atoms with Gasteiger partial charge in [-0.05, 0) is 49.5 Å². The molecule has 4 rings (SSSR count). The number of hydrogen-bond donors (Lipinski definition) is 0. The van der Waals surface area contributed by atoms with Gasteiger partial charge in [0.1, 0.15) is 5.75 Å². The molecule has 1 aliphatic heterocycles. The van der Waals surface area contributed by atoms with Crippen LogP contribution in [0.5, 0.6) is 5.75 Å². The summed E-state index contributed by atoms with van der Waals surface area (Å²) in [7, 11) is 3.79. The predicted molar refractivity (Wildman–Crippen MR) is 117 cm³/mol. The van der Waals surface area contributed by atoms with Crippen molar-refractivity contribution in [1.82, 2.24) is 14.4 Å². The summed E-state index contributed by atoms with van der Waals surface area (Å²) in [4.78, 5) is 17.4. The third-order valence-corrected chi connectivity index (χ3v) is 5.56. The second kappa shape index (κ2) is 8.64. The first-order valence-electron chi connectivity index (χ1n) is 9.99. The molecular weight excluding hydrogens is 362 g/mol. The molecule has 0 radical (unpaired) electrons. The topological polar surface area (TPSA) is 37.7 Å². The zero-order chi connectivity index (χ0) is 20.2. The van der Waals surface area contributed by atoms with Crippen molar-refractivity contribution in [3.63, 3.8) is 0 Å². The number of ether oxygens (including phenoxy) is 1. The molecule has 1 saturated heterocycles. The fraction of sp³-hybridized carbons (Fsp3) is 0.292. The summed E-state index contributed by atoms with van der Waals surface area (Å²) < 4.78 is 7.45. The van der Waals surface area contributed by atoms with Crippen LogP contribution in [0.2, 0.25) is 0 Å². The van der Waals surface area contributed by atoms with E-state index >= 15 is 0 Å². The summed E-state index contributed by atoms with van der Waals surface area (Å²) in [6.45, 7) is 5.22. The van der Waals surface area contributed by atoms with Crippen LogP contribution in [0.3, 0.4) is 0 Å². The molecule has 2 heterocycles. The smallest absolute Gasteiger partial charge is 0.185 e. The molecule has 0 unspecified atom stereocenters. The van der Waals surface area contributed by atoms with Gasteiger partial charge in [0.15, 0.2) is 5.78 Å². The van der Waals surface area contributed by atoms with Gasteiger partial charge in [-0.25, -0.2) is 0 Å². The SMILES string of the molecule is COc1ccc(C(=O)/C=C/c2cn(CN3CCN(C)CC3)c3ccccc23)cc1. The number of carbonyl (C=O) groups is 1. The van der Waals surface area contributed by atoms with Crippen LogP contribution >= 0.6 is 0 Å². The Hall–Kier alpha value is -2.89. The van der Waals surface area contributed by atoms with Crippen LogP contribution in [0.15, 0.2) is 60.8 Å². The molecule has 0 spiro atoms. The molecule has 29 heavy (non-hydrogen) atoms. The third kappa shape index (κ3) is 4.42. The average molecular weight is 389 g/mol. The number of methoxy groups -OCH3 is 1. The van der Waals surface area contributed by atoms with Gasteiger partial charge in [0, 0.05) is 54.4 Å². The Bertz CT molecular complexity index is 1010. The van der Waals surface area contributed by atoms with Gasteiger partial charge >= 0.3 is 0 Å². The molecule has 0 N–H and O–H groups in total. The van der Waals surface area contributed by atoms with Gasteiger partial charge in [-0.3, -0.25) is 9.69 Å². The summed E-state index contributed by atoms with van der Waals surface area (Å²) in [5, 5.41) is 1.17. The Morgan fingerprint density at radius 2 is 1.76 bits per heavy atom. The maximum absolute atomic E-state index is 12.6. The van der Waals surface area contributed by atoms with Gasteiger partial charge < -0.3 is 14.2 Å². The van der Waals surface area contributed by atoms with Gasteiger partial charge in [-0.15, -0.1) is 0 Å². The van der Waals surface area contributed by atoms with Crippen molar-refractivity contribution in [2.75, 3.05) is 40.3 Å². The fourth-order valence-corrected chi connectivity index (χ4v) is 3.75. The first-order chi connectivity index (χ1) is 14.1. The van der Waals surface area contributed by atoms with Crippen LogP contribution in [0.25, 0.3) is 17.0 Å². The highest BCUT2D eigenvalue weighted by molar-refractivity contribution is 6.07. The van der Waals surface area contributed by atoms with E-state index in [4.69, 9.17) is 4.74 Å². The second-order valence-electron chi connectivity index (χ2n) is 7.56. The van der Waals surface area contributed by atoms with E-state index in [9.17, 15) is 4.79 Å². The van der Waals surface area contributed by atoms with Gasteiger partial charge in [0.05, 0.1) is 13.8 Å². The molecule has 0 atom stereocenters. The summed E-state index contributed by atoms with van der Waals surface area (Å²) in [6.07, 6.45) is 5.74. The van der Waals surface area contributed by atoms with Crippen molar-refractivity contribution in [3.05, 3.63) is 71.9 Å². The van der Waals surface area contributed by atoms with Crippen LogP contribution in [0.1, 0.15) is 15.9 Å². The lowest BCUT2D eigenvalue weighted by atomic mass is 10.1. The Morgan fingerprint density at radius 3 is 2.48 bits per heavy atom. The number of likely N-dealkylation sites (N-methyl/N-ethyl adjacent to an activating group) is 1. The van der Waals surface area contributed by atoms with Crippen LogP contribution in [-0.2, 0) is 6.67 Å². The molecule has 150 valence electrons. The number of hydrogen-bond acceptors (Lipinski definition) is 4. The number of allylic oxidation sites excluding steroid dienone is 1. The van der Waals surface area contributed by atoms with E-state index < -0.39 is 0 Å². The number of para-hydroxylation sites is 1. The van der Waals surface area contributed by atoms with Gasteiger partial charge in [-0.2, -0.15) is 0 Å². The minimum Gasteiger partial charge on any atom is -0.497 e. The van der Waals surface area contributed by atoms with Crippen LogP contribution in [0.4, 0.5) is 0 Å². The average Bonchev–Trinajstić information content (AvgIpc) is 3.11. The molecule has 0 amide bonds.